The molecule has 2 bridgehead atoms. The van der Waals surface area contributed by atoms with Crippen molar-refractivity contribution in [3.05, 3.63) is 57.5 Å². The summed E-state index contributed by atoms with van der Waals surface area (Å²) in [6.07, 6.45) is 3.75. The summed E-state index contributed by atoms with van der Waals surface area (Å²) in [5.41, 5.74) is -1.76. The van der Waals surface area contributed by atoms with Gasteiger partial charge >= 0.3 is 11.8 Å². The molecule has 3 N–H and O–H groups in total. The average Bonchev–Trinajstić information content (AvgIpc) is 3.27. The smallest absolute Gasteiger partial charge is 0.312 e. The molecule has 2 aromatic rings. The van der Waals surface area contributed by atoms with Crippen LogP contribution in [0, 0.1) is 11.7 Å². The first kappa shape index (κ1) is 26.8. The lowest BCUT2D eigenvalue weighted by Crippen LogP contribution is -2.55. The van der Waals surface area contributed by atoms with Gasteiger partial charge in [0.15, 0.2) is 5.69 Å². The van der Waals surface area contributed by atoms with Crippen LogP contribution < -0.4 is 16.2 Å². The second-order valence-corrected chi connectivity index (χ2v) is 10.6. The lowest BCUT2D eigenvalue weighted by atomic mass is 9.77. The Morgan fingerprint density at radius 3 is 2.59 bits per heavy atom. The molecule has 6 rings (SSSR count). The number of fused-ring (bicyclic) bond motifs is 2. The molecule has 1 saturated carbocycles. The molecule has 1 saturated heterocycles. The number of hydrogen-bond donors (Lipinski definition) is 3. The zero-order chi connectivity index (χ0) is 27.7. The highest BCUT2D eigenvalue weighted by atomic mass is 19.1. The van der Waals surface area contributed by atoms with Crippen LogP contribution in [0.4, 0.5) is 4.39 Å². The van der Waals surface area contributed by atoms with Crippen molar-refractivity contribution in [2.24, 2.45) is 5.92 Å². The lowest BCUT2D eigenvalue weighted by molar-refractivity contribution is -0.148. The Morgan fingerprint density at radius 2 is 1.90 bits per heavy atom. The van der Waals surface area contributed by atoms with Crippen LogP contribution in [-0.4, -0.2) is 63.6 Å². The van der Waals surface area contributed by atoms with Gasteiger partial charge in [0, 0.05) is 26.7 Å². The number of aromatic hydroxyl groups is 1. The summed E-state index contributed by atoms with van der Waals surface area (Å²) in [5, 5.41) is 16.1. The number of aromatic nitrogens is 2. The molecule has 3 amide bonds. The number of hydrogen-bond acceptors (Lipinski definition) is 7. The van der Waals surface area contributed by atoms with Crippen molar-refractivity contribution in [2.45, 2.75) is 63.2 Å². The Kier molecular flexibility index (Phi) is 7.39. The van der Waals surface area contributed by atoms with Gasteiger partial charge in [-0.2, -0.15) is 0 Å². The predicted molar refractivity (Wildman–Crippen MR) is 136 cm³/mol. The van der Waals surface area contributed by atoms with Gasteiger partial charge in [-0.3, -0.25) is 23.7 Å². The van der Waals surface area contributed by atoms with Gasteiger partial charge in [0.05, 0.1) is 18.2 Å². The van der Waals surface area contributed by atoms with E-state index in [4.69, 9.17) is 4.74 Å². The predicted octanol–water partition coefficient (Wildman–Crippen LogP) is 1.17. The van der Waals surface area contributed by atoms with Crippen LogP contribution in [0.3, 0.4) is 0 Å². The van der Waals surface area contributed by atoms with Crippen LogP contribution in [0.5, 0.6) is 5.75 Å². The number of benzene rings is 1. The second-order valence-electron chi connectivity index (χ2n) is 10.6. The van der Waals surface area contributed by atoms with Crippen molar-refractivity contribution in [2.75, 3.05) is 20.3 Å². The van der Waals surface area contributed by atoms with Gasteiger partial charge in [0.1, 0.15) is 11.6 Å². The molecular formula is C27H32FN5O6. The van der Waals surface area contributed by atoms with E-state index < -0.39 is 46.1 Å². The van der Waals surface area contributed by atoms with Crippen LogP contribution in [0.1, 0.15) is 60.4 Å². The van der Waals surface area contributed by atoms with Gasteiger partial charge in [0.2, 0.25) is 5.75 Å². The van der Waals surface area contributed by atoms with Gasteiger partial charge in [-0.25, -0.2) is 9.37 Å². The van der Waals surface area contributed by atoms with Gasteiger partial charge in [0.25, 0.3) is 11.5 Å². The number of carbonyl (C=O) groups is 3. The molecule has 1 aliphatic carbocycles. The van der Waals surface area contributed by atoms with Crippen LogP contribution in [0.15, 0.2) is 29.1 Å². The highest BCUT2D eigenvalue weighted by Gasteiger charge is 2.47. The van der Waals surface area contributed by atoms with E-state index in [2.05, 4.69) is 15.6 Å². The molecule has 1 atom stereocenters. The number of carbonyl (C=O) groups excluding carboxylic acids is 3. The topological polar surface area (TPSA) is 143 Å². The molecule has 4 aliphatic rings. The van der Waals surface area contributed by atoms with Gasteiger partial charge in [-0.05, 0) is 62.1 Å². The van der Waals surface area contributed by atoms with E-state index in [0.29, 0.717) is 50.9 Å². The first-order valence-corrected chi connectivity index (χ1v) is 13.2. The standard InChI is InChI=1S/C27H32FN5O6/c1-39-15-19-3-2-12-32(19)25(38)23(36)31-27-10-8-17(9-11-27)14-33-24(37)21(34)20(30-26(27)33)22(35)29-13-16-4-6-18(28)7-5-16/h4-7,17,19,34H,2-3,8-15H2,1H3,(H,29,35)(H,31,36)/t17?,19-,27?/m1/s1. The zero-order valence-electron chi connectivity index (χ0n) is 21.7. The van der Waals surface area contributed by atoms with Crippen molar-refractivity contribution in [3.63, 3.8) is 0 Å². The highest BCUT2D eigenvalue weighted by Crippen LogP contribution is 2.43. The maximum Gasteiger partial charge on any atom is 0.312 e. The summed E-state index contributed by atoms with van der Waals surface area (Å²) in [4.78, 5) is 58.7. The van der Waals surface area contributed by atoms with Crippen molar-refractivity contribution < 1.29 is 28.6 Å². The van der Waals surface area contributed by atoms with Crippen LogP contribution in [0.2, 0.25) is 0 Å². The number of nitrogens with zero attached hydrogens (tertiary/aromatic N) is 3. The van der Waals surface area contributed by atoms with E-state index in [1.165, 1.54) is 33.7 Å². The number of amides is 3. The Morgan fingerprint density at radius 1 is 1.18 bits per heavy atom. The van der Waals surface area contributed by atoms with E-state index in [1.54, 1.807) is 7.11 Å². The largest absolute Gasteiger partial charge is 0.501 e. The third-order valence-electron chi connectivity index (χ3n) is 8.10. The van der Waals surface area contributed by atoms with Gasteiger partial charge < -0.3 is 25.4 Å². The average molecular weight is 542 g/mol. The quantitative estimate of drug-likeness (QED) is 0.466. The van der Waals surface area contributed by atoms with E-state index in [0.717, 1.165) is 12.8 Å². The molecule has 0 unspecified atom stereocenters. The third kappa shape index (κ3) is 5.12. The Balaban J connectivity index is 1.44. The molecule has 39 heavy (non-hydrogen) atoms. The van der Waals surface area contributed by atoms with Gasteiger partial charge in [-0.1, -0.05) is 12.1 Å². The first-order valence-electron chi connectivity index (χ1n) is 13.2. The van der Waals surface area contributed by atoms with Crippen LogP contribution >= 0.6 is 0 Å². The van der Waals surface area contributed by atoms with Gasteiger partial charge in [-0.15, -0.1) is 0 Å². The summed E-state index contributed by atoms with van der Waals surface area (Å²) in [7, 11) is 1.55. The minimum Gasteiger partial charge on any atom is -0.501 e. The Bertz CT molecular complexity index is 1340. The monoisotopic (exact) mass is 541 g/mol. The highest BCUT2D eigenvalue weighted by molar-refractivity contribution is 6.35. The van der Waals surface area contributed by atoms with Crippen LogP contribution in [0.25, 0.3) is 0 Å². The van der Waals surface area contributed by atoms with E-state index in [1.807, 2.05) is 0 Å². The van der Waals surface area contributed by atoms with Crippen molar-refractivity contribution >= 4 is 17.7 Å². The summed E-state index contributed by atoms with van der Waals surface area (Å²) >= 11 is 0. The summed E-state index contributed by atoms with van der Waals surface area (Å²) in [6, 6.07) is 5.35. The molecule has 1 aromatic heterocycles. The van der Waals surface area contributed by atoms with Crippen molar-refractivity contribution in [1.29, 1.82) is 0 Å². The van der Waals surface area contributed by atoms with E-state index in [-0.39, 0.29) is 24.3 Å². The first-order chi connectivity index (χ1) is 18.7. The molecule has 1 aromatic carbocycles. The van der Waals surface area contributed by atoms with Crippen molar-refractivity contribution in [1.82, 2.24) is 25.1 Å². The molecule has 0 spiro atoms. The fourth-order valence-corrected chi connectivity index (χ4v) is 5.99. The second kappa shape index (κ2) is 10.8. The number of nitrogens with one attached hydrogen (secondary N) is 2. The molecule has 11 nitrogen and oxygen atoms in total. The summed E-state index contributed by atoms with van der Waals surface area (Å²) < 4.78 is 19.7. The summed E-state index contributed by atoms with van der Waals surface area (Å²) in [6.45, 7) is 1.10. The normalized spacial score (nSPS) is 23.7. The lowest BCUT2D eigenvalue weighted by Gasteiger charge is -2.37. The van der Waals surface area contributed by atoms with E-state index in [9.17, 15) is 28.7 Å². The maximum atomic E-state index is 13.3. The minimum absolute atomic E-state index is 0.0234. The van der Waals surface area contributed by atoms with Crippen molar-refractivity contribution in [3.8, 4) is 5.75 Å². The number of ether oxygens (including phenoxy) is 1. The Labute approximate surface area is 224 Å². The molecule has 0 radical (unpaired) electrons. The third-order valence-corrected chi connectivity index (χ3v) is 8.10. The molecular weight excluding hydrogens is 509 g/mol. The number of likely N-dealkylation sites (tertiary alicyclic amines) is 1. The zero-order valence-corrected chi connectivity index (χ0v) is 21.7. The fourth-order valence-electron chi connectivity index (χ4n) is 5.99. The summed E-state index contributed by atoms with van der Waals surface area (Å²) in [5.74, 6) is -3.15. The Hall–Kier alpha value is -3.80. The number of methoxy groups -OCH3 is 1. The minimum atomic E-state index is -1.14. The molecule has 4 heterocycles. The number of rotatable bonds is 6. The SMILES string of the molecule is COC[C@H]1CCCN1C(=O)C(=O)NC12CCC(CC1)Cn1c2nc(C(=O)NCc2ccc(F)cc2)c(O)c1=O. The fraction of sp³-hybridized carbons (Fsp3) is 0.519. The maximum absolute atomic E-state index is 13.3. The molecule has 2 fully saturated rings. The molecule has 208 valence electrons. The van der Waals surface area contributed by atoms with E-state index >= 15 is 0 Å². The molecule has 3 aliphatic heterocycles. The van der Waals surface area contributed by atoms with Crippen LogP contribution in [-0.2, 0) is 33.0 Å². The number of halogens is 1. The molecule has 12 heteroatoms.